The van der Waals surface area contributed by atoms with Crippen LogP contribution >= 0.6 is 0 Å². The Morgan fingerprint density at radius 3 is 2.31 bits per heavy atom. The van der Waals surface area contributed by atoms with Gasteiger partial charge in [-0.25, -0.2) is 4.79 Å². The minimum atomic E-state index is -4.84. The average molecular weight is 247 g/mol. The molecule has 0 aromatic heterocycles. The lowest BCUT2D eigenvalue weighted by atomic mass is 10.2. The summed E-state index contributed by atoms with van der Waals surface area (Å²) in [7, 11) is -4.84. The SMILES string of the molecule is O=C(O)c1cccc(S(=O)(=O)O)c1[N+](=O)[O-]. The first-order valence-electron chi connectivity index (χ1n) is 3.73. The lowest BCUT2D eigenvalue weighted by Crippen LogP contribution is -2.09. The van der Waals surface area contributed by atoms with Crippen molar-refractivity contribution in [3.05, 3.63) is 33.9 Å². The smallest absolute Gasteiger partial charge is 0.342 e. The largest absolute Gasteiger partial charge is 0.477 e. The highest BCUT2D eigenvalue weighted by Gasteiger charge is 2.30. The normalized spacial score (nSPS) is 11.1. The number of benzene rings is 1. The van der Waals surface area contributed by atoms with Crippen molar-refractivity contribution in [2.45, 2.75) is 4.90 Å². The van der Waals surface area contributed by atoms with Crippen LogP contribution in [0, 0.1) is 10.1 Å². The first-order chi connectivity index (χ1) is 7.25. The van der Waals surface area contributed by atoms with Crippen molar-refractivity contribution in [1.29, 1.82) is 0 Å². The third-order valence-electron chi connectivity index (χ3n) is 1.69. The molecule has 0 saturated carbocycles. The number of hydrogen-bond acceptors (Lipinski definition) is 5. The molecule has 8 nitrogen and oxygen atoms in total. The van der Waals surface area contributed by atoms with Crippen LogP contribution in [-0.4, -0.2) is 29.0 Å². The van der Waals surface area contributed by atoms with Gasteiger partial charge in [0.2, 0.25) is 0 Å². The summed E-state index contributed by atoms with van der Waals surface area (Å²) in [6.07, 6.45) is 0. The number of hydrogen-bond donors (Lipinski definition) is 2. The summed E-state index contributed by atoms with van der Waals surface area (Å²) in [4.78, 5) is 19.0. The van der Waals surface area contributed by atoms with Gasteiger partial charge in [0.25, 0.3) is 0 Å². The van der Waals surface area contributed by atoms with Gasteiger partial charge in [-0.15, -0.1) is 0 Å². The van der Waals surface area contributed by atoms with Crippen molar-refractivity contribution in [3.8, 4) is 0 Å². The Balaban J connectivity index is 3.72. The van der Waals surface area contributed by atoms with Crippen LogP contribution in [0.3, 0.4) is 0 Å². The van der Waals surface area contributed by atoms with Gasteiger partial charge in [0.1, 0.15) is 5.56 Å². The van der Waals surface area contributed by atoms with Crippen molar-refractivity contribution in [2.24, 2.45) is 0 Å². The van der Waals surface area contributed by atoms with Crippen LogP contribution in [-0.2, 0) is 10.1 Å². The van der Waals surface area contributed by atoms with E-state index < -0.39 is 37.2 Å². The van der Waals surface area contributed by atoms with Crippen LogP contribution in [0.5, 0.6) is 0 Å². The maximum Gasteiger partial charge on any atom is 0.342 e. The summed E-state index contributed by atoms with van der Waals surface area (Å²) >= 11 is 0. The second kappa shape index (κ2) is 3.87. The van der Waals surface area contributed by atoms with Crippen molar-refractivity contribution >= 4 is 21.8 Å². The second-order valence-electron chi connectivity index (χ2n) is 2.69. The predicted molar refractivity (Wildman–Crippen MR) is 49.9 cm³/mol. The topological polar surface area (TPSA) is 135 Å². The molecule has 86 valence electrons. The van der Waals surface area contributed by atoms with Crippen molar-refractivity contribution in [3.63, 3.8) is 0 Å². The molecule has 9 heteroatoms. The molecule has 1 aromatic carbocycles. The maximum absolute atomic E-state index is 10.8. The minimum absolute atomic E-state index is 0.750. The molecule has 1 rings (SSSR count). The Morgan fingerprint density at radius 1 is 1.38 bits per heavy atom. The number of para-hydroxylation sites is 1. The van der Waals surface area contributed by atoms with E-state index in [2.05, 4.69) is 0 Å². The number of aromatic carboxylic acids is 1. The molecular weight excluding hydrogens is 242 g/mol. The Morgan fingerprint density at radius 2 is 1.94 bits per heavy atom. The van der Waals surface area contributed by atoms with Crippen LogP contribution < -0.4 is 0 Å². The number of nitro benzene ring substituents is 1. The summed E-state index contributed by atoms with van der Waals surface area (Å²) in [5, 5.41) is 19.2. The van der Waals surface area contributed by atoms with E-state index in [1.165, 1.54) is 0 Å². The quantitative estimate of drug-likeness (QED) is 0.452. The molecule has 0 aliphatic rings. The molecule has 16 heavy (non-hydrogen) atoms. The van der Waals surface area contributed by atoms with Crippen LogP contribution in [0.2, 0.25) is 0 Å². The zero-order valence-electron chi connectivity index (χ0n) is 7.52. The molecule has 0 spiro atoms. The molecule has 1 aromatic rings. The van der Waals surface area contributed by atoms with E-state index in [0.29, 0.717) is 0 Å². The van der Waals surface area contributed by atoms with E-state index in [9.17, 15) is 23.3 Å². The fourth-order valence-corrected chi connectivity index (χ4v) is 1.77. The van der Waals surface area contributed by atoms with Crippen molar-refractivity contribution < 1.29 is 27.8 Å². The van der Waals surface area contributed by atoms with Gasteiger partial charge in [-0.1, -0.05) is 6.07 Å². The Labute approximate surface area is 89.0 Å². The molecule has 0 radical (unpaired) electrons. The zero-order chi connectivity index (χ0) is 12.5. The summed E-state index contributed by atoms with van der Waals surface area (Å²) in [6.45, 7) is 0. The molecule has 0 unspecified atom stereocenters. The highest BCUT2D eigenvalue weighted by Crippen LogP contribution is 2.27. The molecule has 0 heterocycles. The monoisotopic (exact) mass is 247 g/mol. The Kier molecular flexibility index (Phi) is 2.92. The lowest BCUT2D eigenvalue weighted by molar-refractivity contribution is -0.388. The van der Waals surface area contributed by atoms with E-state index in [1.807, 2.05) is 0 Å². The molecule has 0 atom stereocenters. The van der Waals surface area contributed by atoms with Gasteiger partial charge < -0.3 is 5.11 Å². The highest BCUT2D eigenvalue weighted by molar-refractivity contribution is 7.86. The van der Waals surface area contributed by atoms with E-state index in [4.69, 9.17) is 9.66 Å². The van der Waals surface area contributed by atoms with E-state index >= 15 is 0 Å². The molecule has 0 aliphatic carbocycles. The highest BCUT2D eigenvalue weighted by atomic mass is 32.2. The van der Waals surface area contributed by atoms with Crippen LogP contribution in [0.15, 0.2) is 23.1 Å². The molecule has 0 saturated heterocycles. The number of nitrogens with zero attached hydrogens (tertiary/aromatic N) is 1. The molecule has 0 bridgehead atoms. The van der Waals surface area contributed by atoms with Crippen LogP contribution in [0.1, 0.15) is 10.4 Å². The van der Waals surface area contributed by atoms with Gasteiger partial charge in [0, 0.05) is 0 Å². The predicted octanol–water partition coefficient (Wildman–Crippen LogP) is 0.540. The summed E-state index contributed by atoms with van der Waals surface area (Å²) in [5.41, 5.74) is -1.96. The van der Waals surface area contributed by atoms with E-state index in [1.54, 1.807) is 0 Å². The first-order valence-corrected chi connectivity index (χ1v) is 5.17. The minimum Gasteiger partial charge on any atom is -0.477 e. The molecule has 0 aliphatic heterocycles. The Hall–Kier alpha value is -2.00. The molecule has 0 fully saturated rings. The van der Waals surface area contributed by atoms with Crippen LogP contribution in [0.25, 0.3) is 0 Å². The van der Waals surface area contributed by atoms with E-state index in [0.717, 1.165) is 18.2 Å². The number of carboxylic acids is 1. The standard InChI is InChI=1S/C7H5NO7S/c9-7(10)4-2-1-3-5(16(13,14)15)6(4)8(11)12/h1-3H,(H,9,10)(H,13,14,15). The Bertz CT molecular complexity index is 562. The number of nitro groups is 1. The van der Waals surface area contributed by atoms with Gasteiger partial charge in [-0.2, -0.15) is 8.42 Å². The number of rotatable bonds is 3. The summed E-state index contributed by atoms with van der Waals surface area (Å²) < 4.78 is 30.3. The van der Waals surface area contributed by atoms with Gasteiger partial charge in [-0.05, 0) is 12.1 Å². The summed E-state index contributed by atoms with van der Waals surface area (Å²) in [5.74, 6) is -1.66. The third-order valence-corrected chi connectivity index (χ3v) is 2.58. The van der Waals surface area contributed by atoms with Crippen molar-refractivity contribution in [2.75, 3.05) is 0 Å². The fraction of sp³-hybridized carbons (Fsp3) is 0. The van der Waals surface area contributed by atoms with Gasteiger partial charge in [-0.3, -0.25) is 14.7 Å². The van der Waals surface area contributed by atoms with Crippen LogP contribution in [0.4, 0.5) is 5.69 Å². The van der Waals surface area contributed by atoms with Crippen molar-refractivity contribution in [1.82, 2.24) is 0 Å². The third kappa shape index (κ3) is 2.15. The zero-order valence-corrected chi connectivity index (χ0v) is 8.34. The number of carbonyl (C=O) groups is 1. The van der Waals surface area contributed by atoms with Gasteiger partial charge in [0.15, 0.2) is 4.90 Å². The fourth-order valence-electron chi connectivity index (χ4n) is 1.09. The maximum atomic E-state index is 10.8. The molecular formula is C7H5NO7S. The molecule has 2 N–H and O–H groups in total. The lowest BCUT2D eigenvalue weighted by Gasteiger charge is -2.01. The summed E-state index contributed by atoms with van der Waals surface area (Å²) in [6, 6.07) is 2.61. The molecule has 0 amide bonds. The van der Waals surface area contributed by atoms with Gasteiger partial charge in [0.05, 0.1) is 4.92 Å². The number of carboxylic acid groups (broad SMARTS) is 1. The van der Waals surface area contributed by atoms with Gasteiger partial charge >= 0.3 is 21.8 Å². The average Bonchev–Trinajstić information content (AvgIpc) is 2.14. The van der Waals surface area contributed by atoms with E-state index in [-0.39, 0.29) is 0 Å². The first kappa shape index (κ1) is 12.1. The second-order valence-corrected chi connectivity index (χ2v) is 4.08.